The van der Waals surface area contributed by atoms with Crippen molar-refractivity contribution in [3.8, 4) is 62.1 Å². The van der Waals surface area contributed by atoms with Gasteiger partial charge in [-0.3, -0.25) is 27.8 Å². The van der Waals surface area contributed by atoms with Crippen molar-refractivity contribution in [2.45, 2.75) is 59.1 Å². The number of fused-ring (bicyclic) bond motifs is 2. The van der Waals surface area contributed by atoms with Gasteiger partial charge in [0.2, 0.25) is 0 Å². The Labute approximate surface area is 468 Å². The maximum Gasteiger partial charge on any atom is 0.294 e. The standard InChI is InChI=1S/C60H45NO17S4/c1-32(2)41-14-10-15-42(33(3)4)56(41)61-59(62)47-30-51(78-57-45(34-11-6-5-7-12-34)28-40(82(73,74)75)29-46(57)36-19-23-38(24-20-36)80(67,68)69)54-43-13-8-9-16-49(43)77-58-52(31-48(60(61)63)53(47)55(54)58)76-50-26-25-39(81(70,71)72)27-44(50)35-17-21-37(22-18-35)79(64,65)66/h5-33H,1-4H3,(H,64,65,66)(H,67,68,69)(H,70,71,72)(H,73,74,75). The lowest BCUT2D eigenvalue weighted by molar-refractivity contribution is 0.474. The van der Waals surface area contributed by atoms with Crippen molar-refractivity contribution in [3.05, 3.63) is 196 Å². The van der Waals surface area contributed by atoms with Crippen molar-refractivity contribution >= 4 is 84.0 Å². The summed E-state index contributed by atoms with van der Waals surface area (Å²) in [7, 11) is -19.3. The van der Waals surface area contributed by atoms with Crippen LogP contribution >= 0.6 is 0 Å². The SMILES string of the molecule is CC(C)c1cccc(C(C)C)c1-n1c(=O)c2cc(Oc3ccc(S(=O)(=O)O)cc3-c3ccc(S(=O)(=O)O)cc3)c3oc4ccccc4c4c(Oc5c(-c6ccccc6)cc(S(=O)(=O)O)cc5-c5ccc(S(=O)(=O)O)cc5)cc(c1=O)c2c34. The minimum Gasteiger partial charge on any atom is -0.455 e. The zero-order valence-corrected chi connectivity index (χ0v) is 46.7. The predicted octanol–water partition coefficient (Wildman–Crippen LogP) is 12.7. The number of ether oxygens (including phenoxy) is 2. The maximum absolute atomic E-state index is 15.9. The summed E-state index contributed by atoms with van der Waals surface area (Å²) in [6, 6.07) is 38.5. The van der Waals surface area contributed by atoms with Crippen LogP contribution in [0.1, 0.15) is 50.7 Å². The molecule has 0 amide bonds. The Balaban J connectivity index is 1.30. The summed E-state index contributed by atoms with van der Waals surface area (Å²) < 4.78 is 163. The van der Waals surface area contributed by atoms with Crippen molar-refractivity contribution in [2.75, 3.05) is 0 Å². The van der Waals surface area contributed by atoms with Crippen molar-refractivity contribution in [3.63, 3.8) is 0 Å². The summed E-state index contributed by atoms with van der Waals surface area (Å²) in [5, 5.41) is 0.649. The van der Waals surface area contributed by atoms with Crippen LogP contribution in [0.4, 0.5) is 0 Å². The minimum absolute atomic E-state index is 0.0174. The van der Waals surface area contributed by atoms with E-state index in [0.29, 0.717) is 27.8 Å². The largest absolute Gasteiger partial charge is 0.455 e. The van der Waals surface area contributed by atoms with Crippen molar-refractivity contribution in [1.82, 2.24) is 4.57 Å². The van der Waals surface area contributed by atoms with Crippen LogP contribution in [0.2, 0.25) is 0 Å². The predicted molar refractivity (Wildman–Crippen MR) is 309 cm³/mol. The fourth-order valence-corrected chi connectivity index (χ4v) is 12.3. The fourth-order valence-electron chi connectivity index (χ4n) is 10.3. The third-order valence-corrected chi connectivity index (χ3v) is 17.6. The van der Waals surface area contributed by atoms with Crippen molar-refractivity contribution in [1.29, 1.82) is 0 Å². The summed E-state index contributed by atoms with van der Waals surface area (Å²) in [5.41, 5.74) is 0.920. The van der Waals surface area contributed by atoms with E-state index in [0.717, 1.165) is 47.0 Å². The molecule has 416 valence electrons. The molecule has 0 bridgehead atoms. The number of para-hydroxylation sites is 2. The first-order chi connectivity index (χ1) is 38.7. The third kappa shape index (κ3) is 9.87. The van der Waals surface area contributed by atoms with Gasteiger partial charge in [-0.05, 0) is 112 Å². The van der Waals surface area contributed by atoms with Gasteiger partial charge in [-0.25, -0.2) is 4.57 Å². The molecule has 0 fully saturated rings. The number of hydrogen-bond donors (Lipinski definition) is 4. The van der Waals surface area contributed by atoms with E-state index < -0.39 is 71.2 Å². The van der Waals surface area contributed by atoms with E-state index in [1.165, 1.54) is 48.5 Å². The van der Waals surface area contributed by atoms with Crippen molar-refractivity contribution < 1.29 is 65.8 Å². The second kappa shape index (κ2) is 20.1. The fraction of sp³-hybridized carbons (Fsp3) is 0.100. The molecular formula is C60H45NO17S4. The highest BCUT2D eigenvalue weighted by Crippen LogP contribution is 2.51. The van der Waals surface area contributed by atoms with E-state index in [-0.39, 0.29) is 101 Å². The number of hydrogen-bond acceptors (Lipinski definition) is 13. The lowest BCUT2D eigenvalue weighted by Crippen LogP contribution is -2.34. The van der Waals surface area contributed by atoms with E-state index in [4.69, 9.17) is 13.9 Å². The number of benzene rings is 9. The summed E-state index contributed by atoms with van der Waals surface area (Å²) >= 11 is 0. The number of aromatic nitrogens is 1. The van der Waals surface area contributed by atoms with E-state index in [1.54, 1.807) is 54.6 Å². The Morgan fingerprint density at radius 2 is 0.878 bits per heavy atom. The molecule has 2 heterocycles. The van der Waals surface area contributed by atoms with Crippen LogP contribution in [0.15, 0.2) is 197 Å². The second-order valence-electron chi connectivity index (χ2n) is 20.0. The van der Waals surface area contributed by atoms with E-state index in [2.05, 4.69) is 0 Å². The smallest absolute Gasteiger partial charge is 0.294 e. The molecule has 0 aliphatic heterocycles. The Morgan fingerprint density at radius 1 is 0.415 bits per heavy atom. The second-order valence-corrected chi connectivity index (χ2v) is 25.6. The highest BCUT2D eigenvalue weighted by Gasteiger charge is 2.31. The molecule has 4 N–H and O–H groups in total. The lowest BCUT2D eigenvalue weighted by Gasteiger charge is -2.23. The molecule has 82 heavy (non-hydrogen) atoms. The molecule has 0 saturated heterocycles. The maximum atomic E-state index is 15.9. The summed E-state index contributed by atoms with van der Waals surface area (Å²) in [6.07, 6.45) is 0. The molecule has 0 aliphatic carbocycles. The molecule has 9 aromatic carbocycles. The quantitative estimate of drug-likeness (QED) is 0.0447. The molecule has 11 rings (SSSR count). The minimum atomic E-state index is -4.98. The number of pyridine rings is 1. The van der Waals surface area contributed by atoms with Crippen molar-refractivity contribution in [2.24, 2.45) is 0 Å². The first kappa shape index (κ1) is 55.3. The summed E-state index contributed by atoms with van der Waals surface area (Å²) in [4.78, 5) is 29.5. The highest BCUT2D eigenvalue weighted by molar-refractivity contribution is 7.86. The molecule has 0 unspecified atom stereocenters. The van der Waals surface area contributed by atoms with E-state index in [1.807, 2.05) is 45.9 Å². The summed E-state index contributed by atoms with van der Waals surface area (Å²) in [5.74, 6) is -0.899. The monoisotopic (exact) mass is 1180 g/mol. The number of nitrogens with zero attached hydrogens (tertiary/aromatic N) is 1. The van der Waals surface area contributed by atoms with Crippen LogP contribution in [0.5, 0.6) is 23.0 Å². The molecule has 18 nitrogen and oxygen atoms in total. The molecule has 0 spiro atoms. The Bertz CT molecular complexity index is 5030. The van der Waals surface area contributed by atoms with Gasteiger partial charge < -0.3 is 13.9 Å². The molecule has 22 heteroatoms. The molecule has 0 aliphatic rings. The molecule has 11 aromatic rings. The van der Waals surface area contributed by atoms with Gasteiger partial charge >= 0.3 is 0 Å². The lowest BCUT2D eigenvalue weighted by atomic mass is 9.91. The van der Waals surface area contributed by atoms with Gasteiger partial charge in [-0.1, -0.05) is 119 Å². The van der Waals surface area contributed by atoms with Gasteiger partial charge in [0.25, 0.3) is 51.6 Å². The van der Waals surface area contributed by atoms with Gasteiger partial charge in [-0.2, -0.15) is 33.7 Å². The van der Waals surface area contributed by atoms with Crippen LogP contribution in [-0.4, -0.2) is 56.4 Å². The van der Waals surface area contributed by atoms with Crippen LogP contribution in [0.3, 0.4) is 0 Å². The van der Waals surface area contributed by atoms with Gasteiger partial charge in [-0.15, -0.1) is 0 Å². The zero-order valence-electron chi connectivity index (χ0n) is 43.4. The molecule has 0 radical (unpaired) electrons. The Morgan fingerprint density at radius 3 is 1.40 bits per heavy atom. The van der Waals surface area contributed by atoms with Gasteiger partial charge in [0.1, 0.15) is 22.8 Å². The van der Waals surface area contributed by atoms with Crippen LogP contribution in [0.25, 0.3) is 82.6 Å². The zero-order chi connectivity index (χ0) is 58.5. The number of rotatable bonds is 14. The third-order valence-electron chi connectivity index (χ3n) is 14.1. The topological polar surface area (TPSA) is 288 Å². The van der Waals surface area contributed by atoms with E-state index in [9.17, 15) is 51.9 Å². The van der Waals surface area contributed by atoms with E-state index >= 15 is 9.59 Å². The first-order valence-corrected chi connectivity index (χ1v) is 30.8. The van der Waals surface area contributed by atoms with Gasteiger partial charge in [0, 0.05) is 38.2 Å². The Kier molecular flexibility index (Phi) is 13.6. The molecule has 0 saturated carbocycles. The van der Waals surface area contributed by atoms with Crippen LogP contribution < -0.4 is 20.6 Å². The van der Waals surface area contributed by atoms with Crippen LogP contribution in [0, 0.1) is 0 Å². The normalized spacial score (nSPS) is 12.6. The average Bonchev–Trinajstić information content (AvgIpc) is 0.912. The van der Waals surface area contributed by atoms with Crippen LogP contribution in [-0.2, 0) is 40.5 Å². The molecule has 0 atom stereocenters. The first-order valence-electron chi connectivity index (χ1n) is 25.0. The Hall–Kier alpha value is -8.58. The van der Waals surface area contributed by atoms with Gasteiger partial charge in [0.15, 0.2) is 11.3 Å². The molecule has 2 aromatic heterocycles. The highest BCUT2D eigenvalue weighted by atomic mass is 32.2. The van der Waals surface area contributed by atoms with Gasteiger partial charge in [0.05, 0.1) is 36.0 Å². The summed E-state index contributed by atoms with van der Waals surface area (Å²) in [6.45, 7) is 7.67. The average molecular weight is 1180 g/mol. The molecular weight excluding hydrogens is 1130 g/mol.